The first-order valence-corrected chi connectivity index (χ1v) is 9.60. The molecule has 1 fully saturated rings. The van der Waals surface area contributed by atoms with Crippen molar-refractivity contribution >= 4 is 29.3 Å². The van der Waals surface area contributed by atoms with Crippen molar-refractivity contribution < 1.29 is 14.3 Å². The summed E-state index contributed by atoms with van der Waals surface area (Å²) in [5.41, 5.74) is 0.695. The average Bonchev–Trinajstić information content (AvgIpc) is 2.62. The number of amides is 2. The van der Waals surface area contributed by atoms with Gasteiger partial charge in [-0.2, -0.15) is 11.8 Å². The number of thioether (sulfide) groups is 1. The van der Waals surface area contributed by atoms with E-state index in [1.54, 1.807) is 18.9 Å². The van der Waals surface area contributed by atoms with Gasteiger partial charge in [0.2, 0.25) is 11.8 Å². The minimum Gasteiger partial charge on any atom is -0.495 e. The maximum absolute atomic E-state index is 12.4. The SMILES string of the molecule is CCSCCC(=O)N1CCC(C(=O)Nc2ccccc2OC)CC1. The molecule has 1 N–H and O–H groups in total. The van der Waals surface area contributed by atoms with Crippen molar-refractivity contribution in [2.45, 2.75) is 26.2 Å². The molecule has 0 bridgehead atoms. The lowest BCUT2D eigenvalue weighted by molar-refractivity contribution is -0.134. The van der Waals surface area contributed by atoms with Gasteiger partial charge in [-0.15, -0.1) is 0 Å². The first kappa shape index (κ1) is 18.6. The van der Waals surface area contributed by atoms with Gasteiger partial charge in [-0.3, -0.25) is 9.59 Å². The molecule has 0 aromatic heterocycles. The number of carbonyl (C=O) groups is 2. The second-order valence-corrected chi connectivity index (χ2v) is 7.19. The fourth-order valence-electron chi connectivity index (χ4n) is 2.84. The third-order valence-corrected chi connectivity index (χ3v) is 5.15. The van der Waals surface area contributed by atoms with Crippen LogP contribution in [0.3, 0.4) is 0 Å². The van der Waals surface area contributed by atoms with Gasteiger partial charge in [0.1, 0.15) is 5.75 Å². The molecule has 1 aliphatic rings. The van der Waals surface area contributed by atoms with Crippen LogP contribution in [0, 0.1) is 5.92 Å². The maximum atomic E-state index is 12.4. The number of ether oxygens (including phenoxy) is 1. The molecule has 1 heterocycles. The monoisotopic (exact) mass is 350 g/mol. The minimum absolute atomic E-state index is 0.00753. The largest absolute Gasteiger partial charge is 0.495 e. The molecule has 2 amide bonds. The van der Waals surface area contributed by atoms with Gasteiger partial charge in [-0.1, -0.05) is 19.1 Å². The lowest BCUT2D eigenvalue weighted by Gasteiger charge is -2.31. The molecule has 0 aliphatic carbocycles. The van der Waals surface area contributed by atoms with Crippen LogP contribution in [-0.4, -0.2) is 48.4 Å². The van der Waals surface area contributed by atoms with Crippen LogP contribution in [-0.2, 0) is 9.59 Å². The second kappa shape index (κ2) is 9.57. The number of anilines is 1. The lowest BCUT2D eigenvalue weighted by atomic mass is 9.95. The number of nitrogens with one attached hydrogen (secondary N) is 1. The first-order valence-electron chi connectivity index (χ1n) is 8.45. The normalized spacial score (nSPS) is 15.2. The highest BCUT2D eigenvalue weighted by Gasteiger charge is 2.27. The Balaban J connectivity index is 1.81. The number of para-hydroxylation sites is 2. The van der Waals surface area contributed by atoms with E-state index in [9.17, 15) is 9.59 Å². The molecule has 2 rings (SSSR count). The van der Waals surface area contributed by atoms with Crippen LogP contribution in [0.15, 0.2) is 24.3 Å². The molecule has 0 spiro atoms. The fourth-order valence-corrected chi connectivity index (χ4v) is 3.44. The van der Waals surface area contributed by atoms with Gasteiger partial charge >= 0.3 is 0 Å². The summed E-state index contributed by atoms with van der Waals surface area (Å²) in [5, 5.41) is 2.95. The number of hydrogen-bond acceptors (Lipinski definition) is 4. The second-order valence-electron chi connectivity index (χ2n) is 5.79. The molecule has 0 atom stereocenters. The summed E-state index contributed by atoms with van der Waals surface area (Å²) in [6.45, 7) is 3.43. The highest BCUT2D eigenvalue weighted by atomic mass is 32.2. The number of methoxy groups -OCH3 is 1. The Hall–Kier alpha value is -1.69. The number of hydrogen-bond donors (Lipinski definition) is 1. The standard InChI is InChI=1S/C18H26N2O3S/c1-3-24-13-10-17(21)20-11-8-14(9-12-20)18(22)19-15-6-4-5-7-16(15)23-2/h4-7,14H,3,8-13H2,1-2H3,(H,19,22). The molecule has 1 aromatic rings. The van der Waals surface area contributed by atoms with Gasteiger partial charge in [-0.25, -0.2) is 0 Å². The van der Waals surface area contributed by atoms with E-state index in [-0.39, 0.29) is 17.7 Å². The van der Waals surface area contributed by atoms with Gasteiger partial charge in [0.25, 0.3) is 0 Å². The number of benzene rings is 1. The molecule has 0 saturated carbocycles. The quantitative estimate of drug-likeness (QED) is 0.768. The minimum atomic E-state index is -0.0519. The molecular formula is C18H26N2O3S. The number of piperidine rings is 1. The Morgan fingerprint density at radius 3 is 2.67 bits per heavy atom. The predicted octanol–water partition coefficient (Wildman–Crippen LogP) is 3.02. The van der Waals surface area contributed by atoms with E-state index in [1.807, 2.05) is 29.2 Å². The molecule has 5 nitrogen and oxygen atoms in total. The van der Waals surface area contributed by atoms with Crippen LogP contribution in [0.1, 0.15) is 26.2 Å². The molecule has 1 saturated heterocycles. The van der Waals surface area contributed by atoms with Crippen LogP contribution < -0.4 is 10.1 Å². The zero-order valence-electron chi connectivity index (χ0n) is 14.4. The van der Waals surface area contributed by atoms with E-state index >= 15 is 0 Å². The molecular weight excluding hydrogens is 324 g/mol. The number of likely N-dealkylation sites (tertiary alicyclic amines) is 1. The first-order chi connectivity index (χ1) is 11.7. The van der Waals surface area contributed by atoms with Crippen molar-refractivity contribution in [1.82, 2.24) is 4.90 Å². The Morgan fingerprint density at radius 1 is 1.29 bits per heavy atom. The zero-order valence-corrected chi connectivity index (χ0v) is 15.2. The summed E-state index contributed by atoms with van der Waals surface area (Å²) in [4.78, 5) is 26.5. The van der Waals surface area contributed by atoms with E-state index in [2.05, 4.69) is 12.2 Å². The van der Waals surface area contributed by atoms with Crippen molar-refractivity contribution in [3.63, 3.8) is 0 Å². The van der Waals surface area contributed by atoms with Crippen molar-refractivity contribution in [1.29, 1.82) is 0 Å². The topological polar surface area (TPSA) is 58.6 Å². The van der Waals surface area contributed by atoms with Crippen LogP contribution >= 0.6 is 11.8 Å². The Kier molecular flexibility index (Phi) is 7.43. The average molecular weight is 350 g/mol. The smallest absolute Gasteiger partial charge is 0.227 e. The van der Waals surface area contributed by atoms with E-state index in [0.29, 0.717) is 43.8 Å². The summed E-state index contributed by atoms with van der Waals surface area (Å²) < 4.78 is 5.26. The summed E-state index contributed by atoms with van der Waals surface area (Å²) in [6, 6.07) is 7.40. The zero-order chi connectivity index (χ0) is 17.4. The highest BCUT2D eigenvalue weighted by molar-refractivity contribution is 7.99. The van der Waals surface area contributed by atoms with E-state index in [0.717, 1.165) is 11.5 Å². The molecule has 1 aliphatic heterocycles. The summed E-state index contributed by atoms with van der Waals surface area (Å²) in [6.07, 6.45) is 2.03. The van der Waals surface area contributed by atoms with Crippen molar-refractivity contribution in [3.8, 4) is 5.75 Å². The Labute approximate surface area is 148 Å². The van der Waals surface area contributed by atoms with Crippen LogP contribution in [0.4, 0.5) is 5.69 Å². The van der Waals surface area contributed by atoms with E-state index < -0.39 is 0 Å². The van der Waals surface area contributed by atoms with Crippen molar-refractivity contribution in [2.24, 2.45) is 5.92 Å². The summed E-state index contributed by atoms with van der Waals surface area (Å²) >= 11 is 1.79. The predicted molar refractivity (Wildman–Crippen MR) is 98.5 cm³/mol. The van der Waals surface area contributed by atoms with Crippen molar-refractivity contribution in [3.05, 3.63) is 24.3 Å². The molecule has 6 heteroatoms. The molecule has 24 heavy (non-hydrogen) atoms. The van der Waals surface area contributed by atoms with Crippen LogP contribution in [0.5, 0.6) is 5.75 Å². The maximum Gasteiger partial charge on any atom is 0.227 e. The fraction of sp³-hybridized carbons (Fsp3) is 0.556. The summed E-state index contributed by atoms with van der Waals surface area (Å²) in [5.74, 6) is 2.74. The molecule has 1 aromatic carbocycles. The Morgan fingerprint density at radius 2 is 2.00 bits per heavy atom. The van der Waals surface area contributed by atoms with E-state index in [1.165, 1.54) is 0 Å². The highest BCUT2D eigenvalue weighted by Crippen LogP contribution is 2.26. The van der Waals surface area contributed by atoms with Crippen molar-refractivity contribution in [2.75, 3.05) is 37.0 Å². The molecule has 0 radical (unpaired) electrons. The van der Waals surface area contributed by atoms with Gasteiger partial charge < -0.3 is 15.0 Å². The third kappa shape index (κ3) is 5.16. The van der Waals surface area contributed by atoms with Gasteiger partial charge in [0, 0.05) is 31.2 Å². The molecule has 132 valence electrons. The van der Waals surface area contributed by atoms with Gasteiger partial charge in [0.05, 0.1) is 12.8 Å². The number of rotatable bonds is 7. The Bertz CT molecular complexity index is 557. The number of carbonyl (C=O) groups excluding carboxylic acids is 2. The molecule has 0 unspecified atom stereocenters. The van der Waals surface area contributed by atoms with Crippen LogP contribution in [0.25, 0.3) is 0 Å². The van der Waals surface area contributed by atoms with E-state index in [4.69, 9.17) is 4.74 Å². The van der Waals surface area contributed by atoms with Gasteiger partial charge in [0.15, 0.2) is 0 Å². The lowest BCUT2D eigenvalue weighted by Crippen LogP contribution is -2.41. The van der Waals surface area contributed by atoms with Crippen LogP contribution in [0.2, 0.25) is 0 Å². The third-order valence-electron chi connectivity index (χ3n) is 4.25. The number of nitrogens with zero attached hydrogens (tertiary/aromatic N) is 1. The summed E-state index contributed by atoms with van der Waals surface area (Å²) in [7, 11) is 1.59. The van der Waals surface area contributed by atoms with Gasteiger partial charge in [-0.05, 0) is 30.7 Å².